The number of nitrogens with one attached hydrogen (secondary N) is 2. The zero-order valence-corrected chi connectivity index (χ0v) is 15.6. The van der Waals surface area contributed by atoms with Crippen molar-refractivity contribution < 1.29 is 23.3 Å². The summed E-state index contributed by atoms with van der Waals surface area (Å²) in [5, 5.41) is 8.84. The second-order valence-electron chi connectivity index (χ2n) is 6.71. The standard InChI is InChI=1S/C19H21FN4O4/c1-3-4-9-19(13-5-7-14(20)8-6-13)17(26)24(18(27)22-19)11-16(25)21-15-10-12(2)28-23-15/h5-8,10H,3-4,9,11H2,1-2H3,(H,22,27)(H,21,23,25)/t19-/m1/s1. The van der Waals surface area contributed by atoms with Gasteiger partial charge in [-0.25, -0.2) is 9.18 Å². The molecule has 1 aliphatic rings. The molecule has 2 aromatic rings. The maximum Gasteiger partial charge on any atom is 0.325 e. The number of imide groups is 1. The molecule has 1 atom stereocenters. The van der Waals surface area contributed by atoms with E-state index in [4.69, 9.17) is 4.52 Å². The minimum Gasteiger partial charge on any atom is -0.360 e. The van der Waals surface area contributed by atoms with Crippen LogP contribution in [0.15, 0.2) is 34.9 Å². The molecule has 0 unspecified atom stereocenters. The maximum absolute atomic E-state index is 13.3. The monoisotopic (exact) mass is 388 g/mol. The van der Waals surface area contributed by atoms with E-state index in [1.165, 1.54) is 30.3 Å². The fourth-order valence-electron chi connectivity index (χ4n) is 3.21. The number of urea groups is 1. The lowest BCUT2D eigenvalue weighted by atomic mass is 9.85. The van der Waals surface area contributed by atoms with Crippen LogP contribution in [0.4, 0.5) is 15.0 Å². The summed E-state index contributed by atoms with van der Waals surface area (Å²) < 4.78 is 18.2. The molecule has 0 bridgehead atoms. The Morgan fingerprint density at radius 1 is 1.32 bits per heavy atom. The number of hydrogen-bond acceptors (Lipinski definition) is 5. The molecule has 0 aliphatic carbocycles. The van der Waals surface area contributed by atoms with E-state index in [0.29, 0.717) is 24.2 Å². The van der Waals surface area contributed by atoms with Crippen LogP contribution in [0.2, 0.25) is 0 Å². The average Bonchev–Trinajstić information content (AvgIpc) is 3.17. The van der Waals surface area contributed by atoms with Gasteiger partial charge in [0.25, 0.3) is 5.91 Å². The third kappa shape index (κ3) is 3.73. The van der Waals surface area contributed by atoms with E-state index in [1.54, 1.807) is 6.92 Å². The van der Waals surface area contributed by atoms with Crippen molar-refractivity contribution in [2.45, 2.75) is 38.6 Å². The predicted molar refractivity (Wildman–Crippen MR) is 97.7 cm³/mol. The van der Waals surface area contributed by atoms with Crippen molar-refractivity contribution in [1.29, 1.82) is 0 Å². The van der Waals surface area contributed by atoms with Crippen LogP contribution in [0.3, 0.4) is 0 Å². The molecule has 1 aromatic carbocycles. The van der Waals surface area contributed by atoms with Crippen molar-refractivity contribution in [1.82, 2.24) is 15.4 Å². The highest BCUT2D eigenvalue weighted by Crippen LogP contribution is 2.34. The highest BCUT2D eigenvalue weighted by Gasteiger charge is 2.52. The second-order valence-corrected chi connectivity index (χ2v) is 6.71. The van der Waals surface area contributed by atoms with E-state index in [0.717, 1.165) is 11.3 Å². The van der Waals surface area contributed by atoms with Crippen molar-refractivity contribution in [3.8, 4) is 0 Å². The Kier molecular flexibility index (Phi) is 5.43. The number of anilines is 1. The molecule has 2 heterocycles. The van der Waals surface area contributed by atoms with Gasteiger partial charge in [0, 0.05) is 6.07 Å². The molecule has 0 spiro atoms. The smallest absolute Gasteiger partial charge is 0.325 e. The fraction of sp³-hybridized carbons (Fsp3) is 0.368. The molecule has 0 radical (unpaired) electrons. The molecule has 4 amide bonds. The summed E-state index contributed by atoms with van der Waals surface area (Å²) in [7, 11) is 0. The topological polar surface area (TPSA) is 105 Å². The Hall–Kier alpha value is -3.23. The van der Waals surface area contributed by atoms with E-state index in [9.17, 15) is 18.8 Å². The molecule has 3 rings (SSSR count). The first-order valence-corrected chi connectivity index (χ1v) is 8.99. The number of nitrogens with zero attached hydrogens (tertiary/aromatic N) is 2. The number of hydrogen-bond donors (Lipinski definition) is 2. The number of amides is 4. The fourth-order valence-corrected chi connectivity index (χ4v) is 3.21. The van der Waals surface area contributed by atoms with Gasteiger partial charge in [-0.2, -0.15) is 0 Å². The van der Waals surface area contributed by atoms with Crippen LogP contribution in [0.25, 0.3) is 0 Å². The van der Waals surface area contributed by atoms with Gasteiger partial charge in [-0.3, -0.25) is 14.5 Å². The Labute approximate surface area is 161 Å². The van der Waals surface area contributed by atoms with Crippen LogP contribution < -0.4 is 10.6 Å². The molecule has 1 saturated heterocycles. The predicted octanol–water partition coefficient (Wildman–Crippen LogP) is 2.70. The van der Waals surface area contributed by atoms with Crippen molar-refractivity contribution in [3.63, 3.8) is 0 Å². The maximum atomic E-state index is 13.3. The lowest BCUT2D eigenvalue weighted by Gasteiger charge is -2.27. The van der Waals surface area contributed by atoms with Crippen molar-refractivity contribution >= 4 is 23.7 Å². The average molecular weight is 388 g/mol. The van der Waals surface area contributed by atoms with Gasteiger partial charge in [0.1, 0.15) is 23.7 Å². The molecular weight excluding hydrogens is 367 g/mol. The van der Waals surface area contributed by atoms with E-state index >= 15 is 0 Å². The number of aryl methyl sites for hydroxylation is 1. The van der Waals surface area contributed by atoms with Gasteiger partial charge in [0.15, 0.2) is 5.82 Å². The van der Waals surface area contributed by atoms with Gasteiger partial charge >= 0.3 is 6.03 Å². The molecular formula is C19H21FN4O4. The lowest BCUT2D eigenvalue weighted by molar-refractivity contribution is -0.134. The number of carbonyl (C=O) groups is 3. The number of rotatable bonds is 7. The van der Waals surface area contributed by atoms with E-state index in [2.05, 4.69) is 15.8 Å². The van der Waals surface area contributed by atoms with E-state index in [-0.39, 0.29) is 5.82 Å². The first-order valence-electron chi connectivity index (χ1n) is 8.99. The summed E-state index contributed by atoms with van der Waals surface area (Å²) in [6.45, 7) is 3.17. The first kappa shape index (κ1) is 19.5. The lowest BCUT2D eigenvalue weighted by Crippen LogP contribution is -2.44. The quantitative estimate of drug-likeness (QED) is 0.710. The van der Waals surface area contributed by atoms with Crippen LogP contribution in [0.1, 0.15) is 37.5 Å². The van der Waals surface area contributed by atoms with E-state index in [1.807, 2.05) is 6.92 Å². The van der Waals surface area contributed by atoms with Crippen LogP contribution in [-0.4, -0.2) is 34.4 Å². The van der Waals surface area contributed by atoms with E-state index < -0.39 is 35.7 Å². The van der Waals surface area contributed by atoms with Crippen LogP contribution in [0, 0.1) is 12.7 Å². The molecule has 148 valence electrons. The van der Waals surface area contributed by atoms with Gasteiger partial charge < -0.3 is 15.2 Å². The van der Waals surface area contributed by atoms with Crippen molar-refractivity contribution in [2.75, 3.05) is 11.9 Å². The number of aromatic nitrogens is 1. The summed E-state index contributed by atoms with van der Waals surface area (Å²) in [5.41, 5.74) is -0.832. The summed E-state index contributed by atoms with van der Waals surface area (Å²) >= 11 is 0. The third-order valence-corrected chi connectivity index (χ3v) is 4.62. The zero-order chi connectivity index (χ0) is 20.3. The largest absolute Gasteiger partial charge is 0.360 e. The van der Waals surface area contributed by atoms with Gasteiger partial charge in [-0.05, 0) is 31.0 Å². The first-order chi connectivity index (χ1) is 13.4. The van der Waals surface area contributed by atoms with Crippen LogP contribution in [-0.2, 0) is 15.1 Å². The molecule has 1 fully saturated rings. The Bertz CT molecular complexity index is 896. The number of benzene rings is 1. The summed E-state index contributed by atoms with van der Waals surface area (Å²) in [4.78, 5) is 38.8. The van der Waals surface area contributed by atoms with Gasteiger partial charge in [0.05, 0.1) is 0 Å². The highest BCUT2D eigenvalue weighted by molar-refractivity contribution is 6.10. The molecule has 1 aliphatic heterocycles. The molecule has 9 heteroatoms. The van der Waals surface area contributed by atoms with Gasteiger partial charge in [-0.1, -0.05) is 37.1 Å². The summed E-state index contributed by atoms with van der Waals surface area (Å²) in [6, 6.07) is 6.29. The zero-order valence-electron chi connectivity index (χ0n) is 15.6. The molecule has 0 saturated carbocycles. The van der Waals surface area contributed by atoms with Gasteiger partial charge in [-0.15, -0.1) is 0 Å². The molecule has 1 aromatic heterocycles. The summed E-state index contributed by atoms with van der Waals surface area (Å²) in [5.74, 6) is -0.845. The normalized spacial score (nSPS) is 19.0. The molecule has 28 heavy (non-hydrogen) atoms. The highest BCUT2D eigenvalue weighted by atomic mass is 19.1. The number of carbonyl (C=O) groups excluding carboxylic acids is 3. The number of halogens is 1. The Morgan fingerprint density at radius 2 is 2.04 bits per heavy atom. The SMILES string of the molecule is CCCC[C@]1(c2ccc(F)cc2)NC(=O)N(CC(=O)Nc2cc(C)on2)C1=O. The van der Waals surface area contributed by atoms with Gasteiger partial charge in [0.2, 0.25) is 5.91 Å². The van der Waals surface area contributed by atoms with Crippen LogP contribution >= 0.6 is 0 Å². The minimum absolute atomic E-state index is 0.199. The summed E-state index contributed by atoms with van der Waals surface area (Å²) in [6.07, 6.45) is 1.82. The second kappa shape index (κ2) is 7.79. The third-order valence-electron chi connectivity index (χ3n) is 4.62. The Morgan fingerprint density at radius 3 is 2.64 bits per heavy atom. The Balaban J connectivity index is 1.82. The van der Waals surface area contributed by atoms with Crippen LogP contribution in [0.5, 0.6) is 0 Å². The minimum atomic E-state index is -1.31. The molecule has 2 N–H and O–H groups in total. The molecule has 8 nitrogen and oxygen atoms in total. The number of unbranched alkanes of at least 4 members (excludes halogenated alkanes) is 1. The van der Waals surface area contributed by atoms with Crippen molar-refractivity contribution in [2.24, 2.45) is 0 Å². The van der Waals surface area contributed by atoms with Crippen molar-refractivity contribution in [3.05, 3.63) is 47.5 Å².